The molecule has 0 aromatic heterocycles. The lowest BCUT2D eigenvalue weighted by molar-refractivity contribution is -0.121. The first kappa shape index (κ1) is 29.0. The highest BCUT2D eigenvalue weighted by Crippen LogP contribution is 2.38. The lowest BCUT2D eigenvalue weighted by Gasteiger charge is -2.15. The number of halogens is 2. The minimum atomic E-state index is -0.384. The van der Waals surface area contributed by atoms with Crippen molar-refractivity contribution in [2.75, 3.05) is 20.3 Å². The van der Waals surface area contributed by atoms with Gasteiger partial charge >= 0.3 is 5.97 Å². The van der Waals surface area contributed by atoms with E-state index in [-0.39, 0.29) is 11.9 Å². The average molecular weight is 677 g/mol. The fraction of sp³-hybridized carbons (Fsp3) is 0.207. The fourth-order valence-corrected chi connectivity index (χ4v) is 5.60. The first-order valence-corrected chi connectivity index (χ1v) is 14.4. The number of amides is 1. The molecule has 0 aliphatic carbocycles. The molecule has 39 heavy (non-hydrogen) atoms. The van der Waals surface area contributed by atoms with Crippen molar-refractivity contribution in [3.63, 3.8) is 0 Å². The number of benzene rings is 3. The number of ether oxygens (including phenoxy) is 3. The van der Waals surface area contributed by atoms with E-state index in [1.165, 1.54) is 16.7 Å². The van der Waals surface area contributed by atoms with Crippen LogP contribution in [0.4, 0.5) is 5.69 Å². The zero-order chi connectivity index (χ0) is 27.9. The molecule has 3 aromatic rings. The Morgan fingerprint density at radius 1 is 1.08 bits per heavy atom. The van der Waals surface area contributed by atoms with Gasteiger partial charge in [-0.05, 0) is 102 Å². The van der Waals surface area contributed by atoms with Crippen molar-refractivity contribution in [2.24, 2.45) is 4.99 Å². The number of hydrogen-bond donors (Lipinski definition) is 0. The summed E-state index contributed by atoms with van der Waals surface area (Å²) >= 11 is 9.77. The second-order valence-electron chi connectivity index (χ2n) is 8.28. The molecule has 3 aromatic carbocycles. The molecule has 0 atom stereocenters. The summed E-state index contributed by atoms with van der Waals surface area (Å²) in [6.07, 6.45) is 1.82. The van der Waals surface area contributed by atoms with Crippen LogP contribution in [0.2, 0.25) is 5.02 Å². The van der Waals surface area contributed by atoms with Gasteiger partial charge in [0.15, 0.2) is 16.7 Å². The van der Waals surface area contributed by atoms with Gasteiger partial charge in [-0.25, -0.2) is 9.79 Å². The van der Waals surface area contributed by atoms with E-state index in [1.54, 1.807) is 38.2 Å². The highest BCUT2D eigenvalue weighted by Gasteiger charge is 2.30. The molecule has 0 spiro atoms. The lowest BCUT2D eigenvalue weighted by Crippen LogP contribution is -2.23. The van der Waals surface area contributed by atoms with Gasteiger partial charge < -0.3 is 14.2 Å². The quantitative estimate of drug-likeness (QED) is 0.134. The van der Waals surface area contributed by atoms with Crippen LogP contribution in [-0.2, 0) is 16.1 Å². The largest absolute Gasteiger partial charge is 0.490 e. The third-order valence-corrected chi connectivity index (χ3v) is 7.80. The van der Waals surface area contributed by atoms with Crippen LogP contribution in [0, 0.1) is 3.57 Å². The van der Waals surface area contributed by atoms with E-state index in [0.717, 1.165) is 14.7 Å². The van der Waals surface area contributed by atoms with Gasteiger partial charge in [0.1, 0.15) is 6.61 Å². The predicted octanol–water partition coefficient (Wildman–Crippen LogP) is 7.33. The van der Waals surface area contributed by atoms with Crippen LogP contribution in [0.3, 0.4) is 0 Å². The Morgan fingerprint density at radius 3 is 2.51 bits per heavy atom. The Morgan fingerprint density at radius 2 is 1.82 bits per heavy atom. The first-order chi connectivity index (χ1) is 18.8. The van der Waals surface area contributed by atoms with Crippen LogP contribution in [0.25, 0.3) is 6.08 Å². The maximum atomic E-state index is 13.0. The van der Waals surface area contributed by atoms with E-state index in [1.807, 2.05) is 49.4 Å². The monoisotopic (exact) mass is 676 g/mol. The van der Waals surface area contributed by atoms with Gasteiger partial charge in [-0.3, -0.25) is 9.69 Å². The van der Waals surface area contributed by atoms with Crippen molar-refractivity contribution < 1.29 is 23.8 Å². The summed E-state index contributed by atoms with van der Waals surface area (Å²) in [5.41, 5.74) is 2.75. The second kappa shape index (κ2) is 13.4. The molecule has 10 heteroatoms. The van der Waals surface area contributed by atoms with Crippen molar-refractivity contribution in [2.45, 2.75) is 20.5 Å². The van der Waals surface area contributed by atoms with Crippen LogP contribution in [0.15, 0.2) is 70.6 Å². The lowest BCUT2D eigenvalue weighted by atomic mass is 10.1. The summed E-state index contributed by atoms with van der Waals surface area (Å²) in [5.74, 6) is 0.665. The molecule has 0 saturated carbocycles. The zero-order valence-corrected chi connectivity index (χ0v) is 25.3. The molecular weight excluding hydrogens is 651 g/mol. The molecule has 1 aliphatic rings. The van der Waals surface area contributed by atoms with E-state index < -0.39 is 0 Å². The number of likely N-dealkylation sites (N-methyl/N-ethyl adjacent to an activating group) is 1. The van der Waals surface area contributed by atoms with E-state index in [2.05, 4.69) is 27.6 Å². The number of amidine groups is 1. The topological polar surface area (TPSA) is 77.4 Å². The standard InChI is InChI=1S/C29H26ClIN2O5S/c1-4-36-24-15-18(14-23(31)26(24)38-17-20-8-6-7-9-22(20)30)16-25-27(34)33(3)29(39-25)32-21-12-10-19(11-13-21)28(35)37-5-2/h6-16H,4-5,17H2,1-3H3. The van der Waals surface area contributed by atoms with E-state index in [0.29, 0.717) is 57.7 Å². The molecule has 1 aliphatic heterocycles. The van der Waals surface area contributed by atoms with Gasteiger partial charge in [0, 0.05) is 17.6 Å². The Labute approximate surface area is 250 Å². The van der Waals surface area contributed by atoms with E-state index in [4.69, 9.17) is 25.8 Å². The summed E-state index contributed by atoms with van der Waals surface area (Å²) in [4.78, 5) is 31.5. The summed E-state index contributed by atoms with van der Waals surface area (Å²) in [6, 6.07) is 18.1. The van der Waals surface area contributed by atoms with Crippen molar-refractivity contribution in [1.29, 1.82) is 0 Å². The minimum absolute atomic E-state index is 0.158. The second-order valence-corrected chi connectivity index (χ2v) is 10.9. The molecule has 1 heterocycles. The van der Waals surface area contributed by atoms with Crippen molar-refractivity contribution in [3.8, 4) is 11.5 Å². The molecule has 202 valence electrons. The molecule has 1 amide bonds. The number of carbonyl (C=O) groups is 2. The smallest absolute Gasteiger partial charge is 0.338 e. The summed E-state index contributed by atoms with van der Waals surface area (Å²) in [6.45, 7) is 4.74. The van der Waals surface area contributed by atoms with Gasteiger partial charge in [0.25, 0.3) is 5.91 Å². The third-order valence-electron chi connectivity index (χ3n) is 5.57. The maximum Gasteiger partial charge on any atom is 0.338 e. The Balaban J connectivity index is 1.55. The van der Waals surface area contributed by atoms with Crippen LogP contribution >= 0.6 is 46.0 Å². The van der Waals surface area contributed by atoms with Crippen LogP contribution in [0.1, 0.15) is 35.3 Å². The number of hydrogen-bond acceptors (Lipinski definition) is 7. The zero-order valence-electron chi connectivity index (χ0n) is 21.6. The Hall–Kier alpha value is -3.02. The summed E-state index contributed by atoms with van der Waals surface area (Å²) in [5, 5.41) is 1.18. The molecule has 7 nitrogen and oxygen atoms in total. The van der Waals surface area contributed by atoms with Gasteiger partial charge in [0.2, 0.25) is 0 Å². The molecule has 0 radical (unpaired) electrons. The predicted molar refractivity (Wildman–Crippen MR) is 164 cm³/mol. The van der Waals surface area contributed by atoms with Gasteiger partial charge in [0.05, 0.1) is 32.9 Å². The van der Waals surface area contributed by atoms with Crippen molar-refractivity contribution in [1.82, 2.24) is 4.90 Å². The highest BCUT2D eigenvalue weighted by atomic mass is 127. The maximum absolute atomic E-state index is 13.0. The molecule has 4 rings (SSSR count). The molecule has 1 fully saturated rings. The van der Waals surface area contributed by atoms with Crippen molar-refractivity contribution in [3.05, 3.63) is 90.9 Å². The number of aliphatic imine (C=N–C) groups is 1. The highest BCUT2D eigenvalue weighted by molar-refractivity contribution is 14.1. The third kappa shape index (κ3) is 7.14. The van der Waals surface area contributed by atoms with E-state index in [9.17, 15) is 9.59 Å². The number of rotatable bonds is 9. The Bertz CT molecular complexity index is 1440. The average Bonchev–Trinajstić information content (AvgIpc) is 3.17. The van der Waals surface area contributed by atoms with Gasteiger partial charge in [-0.15, -0.1) is 0 Å². The normalized spacial score (nSPS) is 15.2. The number of esters is 1. The Kier molecular flexibility index (Phi) is 9.93. The SMILES string of the molecule is CCOC(=O)c1ccc(N=C2SC(=Cc3cc(I)c(OCc4ccccc4Cl)c(OCC)c3)C(=O)N2C)cc1. The molecular formula is C29H26ClIN2O5S. The van der Waals surface area contributed by atoms with E-state index >= 15 is 0 Å². The van der Waals surface area contributed by atoms with Gasteiger partial charge in [-0.2, -0.15) is 0 Å². The molecule has 1 saturated heterocycles. The minimum Gasteiger partial charge on any atom is -0.490 e. The number of thioether (sulfide) groups is 1. The van der Waals surface area contributed by atoms with Crippen molar-refractivity contribution >= 4 is 74.8 Å². The fourth-order valence-electron chi connectivity index (χ4n) is 3.64. The summed E-state index contributed by atoms with van der Waals surface area (Å²) in [7, 11) is 1.68. The van der Waals surface area contributed by atoms with Crippen LogP contribution < -0.4 is 9.47 Å². The summed E-state index contributed by atoms with van der Waals surface area (Å²) < 4.78 is 17.8. The molecule has 0 N–H and O–H groups in total. The van der Waals surface area contributed by atoms with Gasteiger partial charge in [-0.1, -0.05) is 29.8 Å². The molecule has 0 bridgehead atoms. The number of nitrogens with zero attached hydrogens (tertiary/aromatic N) is 2. The van der Waals surface area contributed by atoms with Crippen LogP contribution in [0.5, 0.6) is 11.5 Å². The number of carbonyl (C=O) groups excluding carboxylic acids is 2. The first-order valence-electron chi connectivity index (χ1n) is 12.2. The van der Waals surface area contributed by atoms with Crippen LogP contribution in [-0.4, -0.2) is 42.2 Å². The molecule has 0 unspecified atom stereocenters.